The Balaban J connectivity index is 1.96. The average Bonchev–Trinajstić information content (AvgIpc) is 2.93. The number of hydrogen-bond donors (Lipinski definition) is 1. The summed E-state index contributed by atoms with van der Waals surface area (Å²) in [6, 6.07) is 2.83. The lowest BCUT2D eigenvalue weighted by atomic mass is 10.0. The Morgan fingerprint density at radius 1 is 1.22 bits per heavy atom. The minimum atomic E-state index is -0.490. The second-order valence-corrected chi connectivity index (χ2v) is 5.32. The minimum absolute atomic E-state index is 0.0799. The predicted molar refractivity (Wildman–Crippen MR) is 66.0 cm³/mol. The molecule has 1 heterocycles. The van der Waals surface area contributed by atoms with Crippen molar-refractivity contribution < 1.29 is 8.78 Å². The van der Waals surface area contributed by atoms with Crippen LogP contribution < -0.4 is 5.73 Å². The third-order valence-electron chi connectivity index (χ3n) is 4.28. The zero-order chi connectivity index (χ0) is 12.7. The van der Waals surface area contributed by atoms with Crippen molar-refractivity contribution >= 4 is 0 Å². The van der Waals surface area contributed by atoms with Gasteiger partial charge < -0.3 is 5.73 Å². The lowest BCUT2D eigenvalue weighted by molar-refractivity contribution is 0.150. The van der Waals surface area contributed by atoms with Crippen molar-refractivity contribution in [3.63, 3.8) is 0 Å². The van der Waals surface area contributed by atoms with Crippen LogP contribution in [0.5, 0.6) is 0 Å². The zero-order valence-corrected chi connectivity index (χ0v) is 10.3. The van der Waals surface area contributed by atoms with Gasteiger partial charge in [0.15, 0.2) is 0 Å². The molecule has 1 unspecified atom stereocenters. The molecule has 0 radical (unpaired) electrons. The van der Waals surface area contributed by atoms with Crippen molar-refractivity contribution in [2.75, 3.05) is 6.54 Å². The van der Waals surface area contributed by atoms with E-state index in [1.165, 1.54) is 18.9 Å². The summed E-state index contributed by atoms with van der Waals surface area (Å²) in [6.45, 7) is 1.03. The maximum absolute atomic E-state index is 13.9. The number of halogens is 2. The van der Waals surface area contributed by atoms with E-state index in [2.05, 4.69) is 4.90 Å². The van der Waals surface area contributed by atoms with Crippen LogP contribution in [0.25, 0.3) is 0 Å². The van der Waals surface area contributed by atoms with Crippen molar-refractivity contribution in [1.29, 1.82) is 0 Å². The molecule has 1 atom stereocenters. The molecule has 3 rings (SSSR count). The van der Waals surface area contributed by atoms with Crippen molar-refractivity contribution in [1.82, 2.24) is 4.90 Å². The number of benzene rings is 1. The Morgan fingerprint density at radius 3 is 2.61 bits per heavy atom. The van der Waals surface area contributed by atoms with Crippen LogP contribution in [0.2, 0.25) is 0 Å². The Bertz CT molecular complexity index is 455. The predicted octanol–water partition coefficient (Wildman–Crippen LogP) is 2.72. The Kier molecular flexibility index (Phi) is 3.08. The van der Waals surface area contributed by atoms with Gasteiger partial charge in [-0.25, -0.2) is 8.78 Å². The molecular formula is C14H18F2N2. The Hall–Kier alpha value is -1.00. The van der Waals surface area contributed by atoms with Crippen LogP contribution in [0.4, 0.5) is 8.78 Å². The topological polar surface area (TPSA) is 29.3 Å². The molecule has 0 aromatic heterocycles. The molecule has 0 amide bonds. The number of hydrogen-bond acceptors (Lipinski definition) is 2. The van der Waals surface area contributed by atoms with Gasteiger partial charge in [-0.05, 0) is 24.5 Å². The van der Waals surface area contributed by atoms with E-state index in [4.69, 9.17) is 5.73 Å². The third-order valence-corrected chi connectivity index (χ3v) is 4.28. The first kappa shape index (κ1) is 12.1. The molecule has 2 N–H and O–H groups in total. The van der Waals surface area contributed by atoms with E-state index in [9.17, 15) is 8.78 Å². The molecule has 18 heavy (non-hydrogen) atoms. The highest BCUT2D eigenvalue weighted by molar-refractivity contribution is 5.36. The van der Waals surface area contributed by atoms with Crippen molar-refractivity contribution in [3.8, 4) is 0 Å². The molecule has 0 saturated heterocycles. The van der Waals surface area contributed by atoms with Crippen LogP contribution in [0.1, 0.15) is 42.9 Å². The van der Waals surface area contributed by atoms with Gasteiger partial charge in [-0.1, -0.05) is 12.8 Å². The van der Waals surface area contributed by atoms with E-state index in [0.29, 0.717) is 24.7 Å². The van der Waals surface area contributed by atoms with E-state index < -0.39 is 11.6 Å². The van der Waals surface area contributed by atoms with Gasteiger partial charge in [-0.2, -0.15) is 0 Å². The number of fused-ring (bicyclic) bond motifs is 1. The molecule has 1 aromatic rings. The highest BCUT2D eigenvalue weighted by atomic mass is 19.1. The summed E-state index contributed by atoms with van der Waals surface area (Å²) in [7, 11) is 0. The number of nitrogens with zero attached hydrogens (tertiary/aromatic N) is 1. The molecule has 1 aliphatic carbocycles. The molecular weight excluding hydrogens is 234 g/mol. The van der Waals surface area contributed by atoms with Crippen LogP contribution in [0.15, 0.2) is 12.1 Å². The molecule has 1 fully saturated rings. The van der Waals surface area contributed by atoms with Crippen molar-refractivity contribution in [2.45, 2.75) is 44.3 Å². The lowest BCUT2D eigenvalue weighted by Crippen LogP contribution is -2.35. The second kappa shape index (κ2) is 4.59. The summed E-state index contributed by atoms with van der Waals surface area (Å²) in [5, 5.41) is 0. The SMILES string of the molecule is NCC1c2c(F)cc(F)cc2CN1C1CCCC1. The summed E-state index contributed by atoms with van der Waals surface area (Å²) in [4.78, 5) is 2.26. The van der Waals surface area contributed by atoms with Crippen molar-refractivity contribution in [2.24, 2.45) is 5.73 Å². The molecule has 2 nitrogen and oxygen atoms in total. The van der Waals surface area contributed by atoms with Gasteiger partial charge in [-0.15, -0.1) is 0 Å². The second-order valence-electron chi connectivity index (χ2n) is 5.32. The molecule has 2 aliphatic rings. The normalized spacial score (nSPS) is 24.7. The smallest absolute Gasteiger partial charge is 0.131 e. The quantitative estimate of drug-likeness (QED) is 0.877. The molecule has 0 spiro atoms. The first-order valence-electron chi connectivity index (χ1n) is 6.64. The highest BCUT2D eigenvalue weighted by Gasteiger charge is 2.37. The van der Waals surface area contributed by atoms with Gasteiger partial charge in [0.25, 0.3) is 0 Å². The first-order valence-corrected chi connectivity index (χ1v) is 6.64. The van der Waals surface area contributed by atoms with Gasteiger partial charge >= 0.3 is 0 Å². The summed E-state index contributed by atoms with van der Waals surface area (Å²) in [5.41, 5.74) is 7.20. The van der Waals surface area contributed by atoms with Gasteiger partial charge in [0.1, 0.15) is 11.6 Å². The fourth-order valence-corrected chi connectivity index (χ4v) is 3.49. The fraction of sp³-hybridized carbons (Fsp3) is 0.571. The number of nitrogens with two attached hydrogens (primary N) is 1. The first-order chi connectivity index (χ1) is 8.70. The largest absolute Gasteiger partial charge is 0.329 e. The van der Waals surface area contributed by atoms with E-state index in [0.717, 1.165) is 24.5 Å². The standard InChI is InChI=1S/C14H18F2N2/c15-10-5-9-8-18(11-3-1-2-4-11)13(7-17)14(9)12(16)6-10/h5-6,11,13H,1-4,7-8,17H2. The number of rotatable bonds is 2. The summed E-state index contributed by atoms with van der Waals surface area (Å²) < 4.78 is 27.2. The van der Waals surface area contributed by atoms with Crippen LogP contribution in [-0.4, -0.2) is 17.5 Å². The lowest BCUT2D eigenvalue weighted by Gasteiger charge is -2.30. The highest BCUT2D eigenvalue weighted by Crippen LogP contribution is 2.40. The molecule has 0 bridgehead atoms. The summed E-state index contributed by atoms with van der Waals surface area (Å²) in [5.74, 6) is -0.934. The van der Waals surface area contributed by atoms with Crippen LogP contribution in [-0.2, 0) is 6.54 Å². The Labute approximate surface area is 106 Å². The third kappa shape index (κ3) is 1.84. The van der Waals surface area contributed by atoms with Gasteiger partial charge in [0.2, 0.25) is 0 Å². The molecule has 1 aromatic carbocycles. The molecule has 98 valence electrons. The average molecular weight is 252 g/mol. The van der Waals surface area contributed by atoms with Crippen LogP contribution in [0.3, 0.4) is 0 Å². The monoisotopic (exact) mass is 252 g/mol. The molecule has 4 heteroatoms. The fourth-order valence-electron chi connectivity index (χ4n) is 3.49. The van der Waals surface area contributed by atoms with Crippen molar-refractivity contribution in [3.05, 3.63) is 34.9 Å². The maximum Gasteiger partial charge on any atom is 0.131 e. The van der Waals surface area contributed by atoms with Gasteiger partial charge in [0.05, 0.1) is 6.04 Å². The van der Waals surface area contributed by atoms with E-state index >= 15 is 0 Å². The van der Waals surface area contributed by atoms with Crippen LogP contribution >= 0.6 is 0 Å². The van der Waals surface area contributed by atoms with E-state index in [1.54, 1.807) is 0 Å². The summed E-state index contributed by atoms with van der Waals surface area (Å²) >= 11 is 0. The molecule has 1 saturated carbocycles. The van der Waals surface area contributed by atoms with E-state index in [-0.39, 0.29) is 6.04 Å². The maximum atomic E-state index is 13.9. The van der Waals surface area contributed by atoms with Gasteiger partial charge in [0, 0.05) is 30.8 Å². The van der Waals surface area contributed by atoms with Gasteiger partial charge in [-0.3, -0.25) is 4.90 Å². The van der Waals surface area contributed by atoms with Crippen LogP contribution in [0, 0.1) is 11.6 Å². The Morgan fingerprint density at radius 2 is 1.94 bits per heavy atom. The van der Waals surface area contributed by atoms with E-state index in [1.807, 2.05) is 0 Å². The zero-order valence-electron chi connectivity index (χ0n) is 10.3. The minimum Gasteiger partial charge on any atom is -0.329 e. The summed E-state index contributed by atoms with van der Waals surface area (Å²) in [6.07, 6.45) is 4.75. The molecule has 1 aliphatic heterocycles.